The Morgan fingerprint density at radius 1 is 1.14 bits per heavy atom. The molecule has 7 heteroatoms. The van der Waals surface area contributed by atoms with Crippen molar-refractivity contribution in [2.24, 2.45) is 7.05 Å². The summed E-state index contributed by atoms with van der Waals surface area (Å²) in [7, 11) is 1.97. The number of thioether (sulfide) groups is 1. The van der Waals surface area contributed by atoms with Crippen LogP contribution in [0.3, 0.4) is 0 Å². The maximum absolute atomic E-state index is 12.9. The summed E-state index contributed by atoms with van der Waals surface area (Å²) in [5, 5.41) is 4.89. The molecule has 6 nitrogen and oxygen atoms in total. The average Bonchev–Trinajstić information content (AvgIpc) is 3.38. The normalized spacial score (nSPS) is 11.2. The predicted octanol–water partition coefficient (Wildman–Crippen LogP) is 4.77. The van der Waals surface area contributed by atoms with Crippen molar-refractivity contribution in [2.45, 2.75) is 25.9 Å². The smallest absolute Gasteiger partial charge is 0.180 e. The molecule has 0 amide bonds. The minimum atomic E-state index is 0.0684. The molecule has 3 heterocycles. The first-order chi connectivity index (χ1) is 14.0. The Balaban J connectivity index is 1.52. The molecular weight excluding hydrogens is 384 g/mol. The number of rotatable bonds is 6. The molecule has 0 fully saturated rings. The summed E-state index contributed by atoms with van der Waals surface area (Å²) < 4.78 is 9.15. The number of imidazole rings is 1. The molecule has 0 saturated carbocycles. The molecule has 1 aromatic carbocycles. The van der Waals surface area contributed by atoms with Crippen molar-refractivity contribution in [1.29, 1.82) is 0 Å². The second-order valence-corrected chi connectivity index (χ2v) is 7.92. The second kappa shape index (κ2) is 7.75. The van der Waals surface area contributed by atoms with Crippen molar-refractivity contribution in [1.82, 2.24) is 19.3 Å². The second-order valence-electron chi connectivity index (χ2n) is 6.98. The van der Waals surface area contributed by atoms with Gasteiger partial charge < -0.3 is 9.09 Å². The number of carbonyl (C=O) groups excluding carboxylic acids is 1. The van der Waals surface area contributed by atoms with E-state index in [1.165, 1.54) is 11.8 Å². The van der Waals surface area contributed by atoms with Crippen LogP contribution in [0.2, 0.25) is 0 Å². The molecule has 4 aromatic rings. The van der Waals surface area contributed by atoms with Crippen LogP contribution in [0.25, 0.3) is 17.1 Å². The molecule has 0 unspecified atom stereocenters. The van der Waals surface area contributed by atoms with Crippen molar-refractivity contribution in [2.75, 3.05) is 5.75 Å². The number of aryl methyl sites for hydroxylation is 2. The summed E-state index contributed by atoms with van der Waals surface area (Å²) in [4.78, 5) is 17.4. The van der Waals surface area contributed by atoms with Crippen LogP contribution >= 0.6 is 11.8 Å². The molecule has 0 spiro atoms. The minimum Gasteiger partial charge on any atom is -0.360 e. The molecular formula is C22H22N4O2S. The minimum absolute atomic E-state index is 0.0684. The number of Topliss-reactive ketones (excluding diaryl/α,β-unsaturated/α-hetero) is 1. The topological polar surface area (TPSA) is 65.8 Å². The number of aromatic nitrogens is 4. The van der Waals surface area contributed by atoms with Crippen LogP contribution in [0, 0.1) is 20.8 Å². The first kappa shape index (κ1) is 19.3. The molecule has 0 aliphatic rings. The predicted molar refractivity (Wildman–Crippen MR) is 114 cm³/mol. The third-order valence-corrected chi connectivity index (χ3v) is 5.97. The highest BCUT2D eigenvalue weighted by atomic mass is 32.2. The number of hydrogen-bond donors (Lipinski definition) is 0. The maximum atomic E-state index is 12.9. The standard InChI is InChI=1S/C22H22N4O2S/c1-14-10-18(16(3)26(14)21-11-15(2)28-24-21)20(27)13-29-22-23-12-19(25(22)4)17-8-6-5-7-9-17/h5-12H,13H2,1-4H3. The molecule has 0 bridgehead atoms. The van der Waals surface area contributed by atoms with Gasteiger partial charge >= 0.3 is 0 Å². The lowest BCUT2D eigenvalue weighted by Crippen LogP contribution is -2.06. The molecule has 0 N–H and O–H groups in total. The molecule has 0 saturated heterocycles. The summed E-state index contributed by atoms with van der Waals surface area (Å²) in [6, 6.07) is 13.9. The van der Waals surface area contributed by atoms with Crippen LogP contribution in [0.1, 0.15) is 27.5 Å². The van der Waals surface area contributed by atoms with E-state index in [9.17, 15) is 4.79 Å². The van der Waals surface area contributed by atoms with E-state index in [0.29, 0.717) is 17.1 Å². The van der Waals surface area contributed by atoms with Crippen LogP contribution in [0.15, 0.2) is 58.3 Å². The zero-order valence-electron chi connectivity index (χ0n) is 16.8. The van der Waals surface area contributed by atoms with Crippen molar-refractivity contribution in [3.63, 3.8) is 0 Å². The van der Waals surface area contributed by atoms with Crippen LogP contribution in [0.5, 0.6) is 0 Å². The highest BCUT2D eigenvalue weighted by Crippen LogP contribution is 2.27. The van der Waals surface area contributed by atoms with Crippen LogP contribution in [0.4, 0.5) is 0 Å². The Labute approximate surface area is 173 Å². The van der Waals surface area contributed by atoms with E-state index in [0.717, 1.165) is 33.6 Å². The van der Waals surface area contributed by atoms with Gasteiger partial charge in [0.05, 0.1) is 17.6 Å². The fourth-order valence-corrected chi connectivity index (χ4v) is 4.30. The summed E-state index contributed by atoms with van der Waals surface area (Å²) in [5.74, 6) is 1.82. The van der Waals surface area contributed by atoms with Crippen LogP contribution < -0.4 is 0 Å². The highest BCUT2D eigenvalue weighted by Gasteiger charge is 2.19. The summed E-state index contributed by atoms with van der Waals surface area (Å²) in [6.45, 7) is 5.75. The van der Waals surface area contributed by atoms with E-state index in [2.05, 4.69) is 22.3 Å². The van der Waals surface area contributed by atoms with Crippen LogP contribution in [-0.4, -0.2) is 30.8 Å². The van der Waals surface area contributed by atoms with Crippen molar-refractivity contribution in [3.05, 3.63) is 71.4 Å². The number of hydrogen-bond acceptors (Lipinski definition) is 5. The number of carbonyl (C=O) groups is 1. The van der Waals surface area contributed by atoms with Gasteiger partial charge in [-0.3, -0.25) is 9.36 Å². The van der Waals surface area contributed by atoms with E-state index < -0.39 is 0 Å². The van der Waals surface area contributed by atoms with Gasteiger partial charge in [0.2, 0.25) is 0 Å². The molecule has 0 atom stereocenters. The lowest BCUT2D eigenvalue weighted by atomic mass is 10.2. The molecule has 148 valence electrons. The Morgan fingerprint density at radius 3 is 2.59 bits per heavy atom. The fourth-order valence-electron chi connectivity index (χ4n) is 3.47. The van der Waals surface area contributed by atoms with E-state index in [4.69, 9.17) is 4.52 Å². The average molecular weight is 407 g/mol. The Morgan fingerprint density at radius 2 is 1.90 bits per heavy atom. The molecule has 0 radical (unpaired) electrons. The first-order valence-corrected chi connectivity index (χ1v) is 10.3. The molecule has 3 aromatic heterocycles. The summed E-state index contributed by atoms with van der Waals surface area (Å²) >= 11 is 1.45. The Kier molecular flexibility index (Phi) is 5.15. The van der Waals surface area contributed by atoms with Gasteiger partial charge in [0, 0.05) is 30.1 Å². The zero-order valence-corrected chi connectivity index (χ0v) is 17.7. The Hall–Kier alpha value is -3.06. The monoisotopic (exact) mass is 406 g/mol. The van der Waals surface area contributed by atoms with Gasteiger partial charge in [0.15, 0.2) is 16.8 Å². The van der Waals surface area contributed by atoms with E-state index in [-0.39, 0.29) is 5.78 Å². The van der Waals surface area contributed by atoms with Crippen molar-refractivity contribution in [3.8, 4) is 17.1 Å². The lowest BCUT2D eigenvalue weighted by molar-refractivity contribution is 0.102. The quantitative estimate of drug-likeness (QED) is 0.341. The van der Waals surface area contributed by atoms with Gasteiger partial charge in [0.1, 0.15) is 5.76 Å². The molecule has 0 aliphatic heterocycles. The number of ketones is 1. The maximum Gasteiger partial charge on any atom is 0.180 e. The van der Waals surface area contributed by atoms with Gasteiger partial charge in [-0.2, -0.15) is 0 Å². The van der Waals surface area contributed by atoms with Crippen molar-refractivity contribution < 1.29 is 9.32 Å². The lowest BCUT2D eigenvalue weighted by Gasteiger charge is -2.06. The largest absolute Gasteiger partial charge is 0.360 e. The van der Waals surface area contributed by atoms with E-state index in [1.54, 1.807) is 0 Å². The summed E-state index contributed by atoms with van der Waals surface area (Å²) in [6.07, 6.45) is 1.85. The third kappa shape index (κ3) is 3.65. The van der Waals surface area contributed by atoms with Gasteiger partial charge in [-0.15, -0.1) is 0 Å². The van der Waals surface area contributed by atoms with E-state index >= 15 is 0 Å². The Bertz CT molecular complexity index is 1170. The summed E-state index contributed by atoms with van der Waals surface area (Å²) in [5.41, 5.74) is 4.65. The van der Waals surface area contributed by atoms with Crippen molar-refractivity contribution >= 4 is 17.5 Å². The first-order valence-electron chi connectivity index (χ1n) is 9.31. The highest BCUT2D eigenvalue weighted by molar-refractivity contribution is 7.99. The molecule has 0 aliphatic carbocycles. The fraction of sp³-hybridized carbons (Fsp3) is 0.227. The zero-order chi connectivity index (χ0) is 20.5. The molecule has 29 heavy (non-hydrogen) atoms. The van der Waals surface area contributed by atoms with Gasteiger partial charge in [-0.25, -0.2) is 4.98 Å². The SMILES string of the molecule is Cc1cc(-n2c(C)cc(C(=O)CSc3ncc(-c4ccccc4)n3C)c2C)no1. The third-order valence-electron chi connectivity index (χ3n) is 4.92. The van der Waals surface area contributed by atoms with Gasteiger partial charge in [-0.1, -0.05) is 47.3 Å². The van der Waals surface area contributed by atoms with Gasteiger partial charge in [0.25, 0.3) is 0 Å². The van der Waals surface area contributed by atoms with Crippen LogP contribution in [-0.2, 0) is 7.05 Å². The van der Waals surface area contributed by atoms with E-state index in [1.807, 2.05) is 73.5 Å². The van der Waals surface area contributed by atoms with Gasteiger partial charge in [-0.05, 0) is 32.4 Å². The number of nitrogens with zero attached hydrogens (tertiary/aromatic N) is 4. The number of benzene rings is 1. The molecule has 4 rings (SSSR count).